The Morgan fingerprint density at radius 3 is 2.88 bits per heavy atom. The minimum Gasteiger partial charge on any atom is -0.370 e. The number of halogens is 2. The van der Waals surface area contributed by atoms with E-state index in [0.717, 1.165) is 15.8 Å². The van der Waals surface area contributed by atoms with Crippen LogP contribution in [0.2, 0.25) is 0 Å². The Morgan fingerprint density at radius 2 is 2.25 bits per heavy atom. The summed E-state index contributed by atoms with van der Waals surface area (Å²) in [7, 11) is 0. The highest BCUT2D eigenvalue weighted by Gasteiger charge is 2.03. The summed E-state index contributed by atoms with van der Waals surface area (Å²) in [5.74, 6) is 0.0751. The molecule has 7 heteroatoms. The minimum absolute atomic E-state index is 0. The van der Waals surface area contributed by atoms with Gasteiger partial charge in [-0.25, -0.2) is 9.98 Å². The molecule has 0 aliphatic heterocycles. The van der Waals surface area contributed by atoms with Gasteiger partial charge in [0.2, 0.25) is 0 Å². The van der Waals surface area contributed by atoms with E-state index < -0.39 is 0 Å². The van der Waals surface area contributed by atoms with E-state index >= 15 is 0 Å². The first-order valence-electron chi connectivity index (χ1n) is 4.34. The highest BCUT2D eigenvalue weighted by atomic mass is 79.9. The van der Waals surface area contributed by atoms with Gasteiger partial charge in [0.25, 0.3) is 0 Å². The van der Waals surface area contributed by atoms with Crippen molar-refractivity contribution in [1.29, 1.82) is 0 Å². The van der Waals surface area contributed by atoms with Gasteiger partial charge in [-0.3, -0.25) is 0 Å². The number of aromatic nitrogens is 2. The average Bonchev–Trinajstić information content (AvgIpc) is 2.59. The fourth-order valence-corrected chi connectivity index (χ4v) is 1.72. The monoisotopic (exact) mass is 347 g/mol. The van der Waals surface area contributed by atoms with Crippen LogP contribution in [0.5, 0.6) is 0 Å². The molecule has 0 aliphatic carbocycles. The summed E-state index contributed by atoms with van der Waals surface area (Å²) in [6, 6.07) is 3.87. The van der Waals surface area contributed by atoms with Crippen LogP contribution >= 0.6 is 32.9 Å². The van der Waals surface area contributed by atoms with Gasteiger partial charge in [-0.2, -0.15) is 0 Å². The summed E-state index contributed by atoms with van der Waals surface area (Å²) in [4.78, 5) is 8.28. The molecule has 0 atom stereocenters. The largest absolute Gasteiger partial charge is 0.370 e. The first-order chi connectivity index (χ1) is 7.16. The van der Waals surface area contributed by atoms with E-state index in [0.29, 0.717) is 6.54 Å². The Bertz CT molecular complexity index is 516. The van der Waals surface area contributed by atoms with Gasteiger partial charge in [-0.1, -0.05) is 0 Å². The lowest BCUT2D eigenvalue weighted by Gasteiger charge is -1.92. The van der Waals surface area contributed by atoms with Gasteiger partial charge in [-0.05, 0) is 28.1 Å². The summed E-state index contributed by atoms with van der Waals surface area (Å²) in [6.45, 7) is 0.399. The van der Waals surface area contributed by atoms with Crippen LogP contribution in [0.15, 0.2) is 34.0 Å². The smallest absolute Gasteiger partial charge is 0.186 e. The lowest BCUT2D eigenvalue weighted by Crippen LogP contribution is -2.22. The minimum atomic E-state index is 0. The maximum atomic E-state index is 5.25. The molecule has 0 radical (unpaired) electrons. The van der Waals surface area contributed by atoms with Crippen molar-refractivity contribution in [2.75, 3.05) is 0 Å². The average molecular weight is 349 g/mol. The number of nitrogens with zero attached hydrogens (tertiary/aromatic N) is 3. The molecule has 0 fully saturated rings. The summed E-state index contributed by atoms with van der Waals surface area (Å²) in [5, 5.41) is 0. The van der Waals surface area contributed by atoms with Crippen LogP contribution in [0.3, 0.4) is 0 Å². The third-order valence-corrected chi connectivity index (χ3v) is 2.53. The topological polar surface area (TPSA) is 81.7 Å². The van der Waals surface area contributed by atoms with Crippen LogP contribution in [-0.4, -0.2) is 15.3 Å². The maximum Gasteiger partial charge on any atom is 0.186 e. The quantitative estimate of drug-likeness (QED) is 0.636. The van der Waals surface area contributed by atoms with E-state index in [1.54, 1.807) is 0 Å². The number of guanidine groups is 1. The van der Waals surface area contributed by atoms with E-state index in [2.05, 4.69) is 25.9 Å². The molecule has 2 heterocycles. The molecule has 0 aliphatic rings. The van der Waals surface area contributed by atoms with Gasteiger partial charge in [0.15, 0.2) is 11.6 Å². The highest BCUT2D eigenvalue weighted by Crippen LogP contribution is 2.17. The molecule has 0 spiro atoms. The van der Waals surface area contributed by atoms with Gasteiger partial charge in [0.05, 0.1) is 16.7 Å². The first-order valence-corrected chi connectivity index (χ1v) is 5.13. The van der Waals surface area contributed by atoms with Crippen LogP contribution in [0, 0.1) is 0 Å². The highest BCUT2D eigenvalue weighted by molar-refractivity contribution is 9.10. The zero-order chi connectivity index (χ0) is 10.8. The van der Waals surface area contributed by atoms with Crippen molar-refractivity contribution in [2.24, 2.45) is 16.5 Å². The molecule has 0 aromatic carbocycles. The van der Waals surface area contributed by atoms with Gasteiger partial charge in [0.1, 0.15) is 0 Å². The normalized spacial score (nSPS) is 9.81. The van der Waals surface area contributed by atoms with Gasteiger partial charge in [0, 0.05) is 12.4 Å². The van der Waals surface area contributed by atoms with E-state index in [9.17, 15) is 0 Å². The molecule has 0 amide bonds. The molecule has 2 aromatic heterocycles. The van der Waals surface area contributed by atoms with Crippen molar-refractivity contribution in [3.8, 4) is 0 Å². The van der Waals surface area contributed by atoms with Crippen LogP contribution < -0.4 is 11.5 Å². The molecule has 2 aromatic rings. The number of hydrogen-bond donors (Lipinski definition) is 2. The zero-order valence-corrected chi connectivity index (χ0v) is 11.6. The lowest BCUT2D eigenvalue weighted by atomic mass is 10.5. The summed E-state index contributed by atoms with van der Waals surface area (Å²) in [6.07, 6.45) is 3.82. The number of imidazole rings is 1. The predicted molar refractivity (Wildman–Crippen MR) is 72.7 cm³/mol. The molecule has 16 heavy (non-hydrogen) atoms. The first kappa shape index (κ1) is 13.0. The number of hydrogen-bond acceptors (Lipinski definition) is 2. The molecule has 86 valence electrons. The predicted octanol–water partition coefficient (Wildman–Crippen LogP) is 1.45. The third kappa shape index (κ3) is 2.73. The zero-order valence-electron chi connectivity index (χ0n) is 8.30. The summed E-state index contributed by atoms with van der Waals surface area (Å²) < 4.78 is 2.86. The van der Waals surface area contributed by atoms with E-state index in [1.165, 1.54) is 0 Å². The summed E-state index contributed by atoms with van der Waals surface area (Å²) in [5.41, 5.74) is 12.2. The Balaban J connectivity index is 0.00000128. The fraction of sp³-hybridized carbons (Fsp3) is 0.111. The van der Waals surface area contributed by atoms with Gasteiger partial charge >= 0.3 is 0 Å². The van der Waals surface area contributed by atoms with Crippen LogP contribution in [-0.2, 0) is 6.54 Å². The molecular weight excluding hydrogens is 338 g/mol. The molecule has 0 bridgehead atoms. The van der Waals surface area contributed by atoms with E-state index in [-0.39, 0.29) is 22.9 Å². The molecule has 0 saturated heterocycles. The number of fused-ring (bicyclic) bond motifs is 1. The van der Waals surface area contributed by atoms with Crippen molar-refractivity contribution < 1.29 is 0 Å². The Morgan fingerprint density at radius 1 is 1.50 bits per heavy atom. The molecule has 4 N–H and O–H groups in total. The van der Waals surface area contributed by atoms with Crippen molar-refractivity contribution in [3.05, 3.63) is 34.7 Å². The van der Waals surface area contributed by atoms with Crippen LogP contribution in [0.25, 0.3) is 5.65 Å². The van der Waals surface area contributed by atoms with Crippen LogP contribution in [0.4, 0.5) is 0 Å². The Hall–Kier alpha value is -1.08. The van der Waals surface area contributed by atoms with Crippen molar-refractivity contribution in [2.45, 2.75) is 6.54 Å². The molecular formula is C9H11Br2N5. The van der Waals surface area contributed by atoms with E-state index in [1.807, 2.05) is 28.9 Å². The molecule has 0 saturated carbocycles. The number of nitrogens with two attached hydrogens (primary N) is 2. The molecule has 2 rings (SSSR count). The second-order valence-corrected chi connectivity index (χ2v) is 3.91. The second kappa shape index (κ2) is 5.31. The Labute approximate surface area is 111 Å². The van der Waals surface area contributed by atoms with E-state index in [4.69, 9.17) is 11.5 Å². The van der Waals surface area contributed by atoms with Gasteiger partial charge < -0.3 is 15.9 Å². The van der Waals surface area contributed by atoms with Crippen molar-refractivity contribution in [1.82, 2.24) is 9.38 Å². The maximum absolute atomic E-state index is 5.25. The van der Waals surface area contributed by atoms with Crippen molar-refractivity contribution in [3.63, 3.8) is 0 Å². The fourth-order valence-electron chi connectivity index (χ4n) is 1.28. The number of aliphatic imine (C=N–C) groups is 1. The Kier molecular flexibility index (Phi) is 4.31. The van der Waals surface area contributed by atoms with Crippen LogP contribution in [0.1, 0.15) is 5.69 Å². The van der Waals surface area contributed by atoms with Crippen molar-refractivity contribution >= 4 is 44.5 Å². The summed E-state index contributed by atoms with van der Waals surface area (Å²) >= 11 is 3.42. The third-order valence-electron chi connectivity index (χ3n) is 1.91. The standard InChI is InChI=1S/C9H10BrN5.BrH/c10-7-2-1-3-15-5-6(14-8(7)15)4-13-9(11)12;/h1-3,5H,4H2,(H4,11,12,13);1H. The molecule has 5 nitrogen and oxygen atoms in total. The SMILES string of the molecule is Br.NC(N)=NCc1cn2cccc(Br)c2n1. The van der Waals surface area contributed by atoms with Gasteiger partial charge in [-0.15, -0.1) is 17.0 Å². The second-order valence-electron chi connectivity index (χ2n) is 3.06. The lowest BCUT2D eigenvalue weighted by molar-refractivity contribution is 1.00. The number of pyridine rings is 1. The molecule has 0 unspecified atom stereocenters. The number of rotatable bonds is 2.